The Balaban J connectivity index is 0.793. The number of thiophene rings is 3. The first-order valence-electron chi connectivity index (χ1n) is 28.2. The molecule has 0 aliphatic rings. The second-order valence-electron chi connectivity index (χ2n) is 21.8. The van der Waals surface area contributed by atoms with Crippen LogP contribution in [0.1, 0.15) is 0 Å². The number of fused-ring (bicyclic) bond motifs is 21. The van der Waals surface area contributed by atoms with Crippen LogP contribution in [0.3, 0.4) is 0 Å². The van der Waals surface area contributed by atoms with Crippen molar-refractivity contribution in [2.75, 3.05) is 0 Å². The molecule has 0 amide bonds. The first-order chi connectivity index (χ1) is 41.6. The zero-order valence-electron chi connectivity index (χ0n) is 44.7. The molecule has 0 aliphatic carbocycles. The van der Waals surface area contributed by atoms with Crippen molar-refractivity contribution in [3.05, 3.63) is 255 Å². The molecule has 19 aromatic rings. The second-order valence-corrected chi connectivity index (χ2v) is 25.0. The van der Waals surface area contributed by atoms with Gasteiger partial charge in [-0.15, -0.1) is 34.0 Å². The number of hydrogen-bond donors (Lipinski definition) is 0. The highest BCUT2D eigenvalue weighted by molar-refractivity contribution is 7.27. The maximum absolute atomic E-state index is 5.42. The normalized spacial score (nSPS) is 12.3. The highest BCUT2D eigenvalue weighted by Gasteiger charge is 2.23. The lowest BCUT2D eigenvalue weighted by atomic mass is 10.1. The van der Waals surface area contributed by atoms with E-state index in [9.17, 15) is 0 Å². The van der Waals surface area contributed by atoms with Crippen molar-refractivity contribution in [3.8, 4) is 51.2 Å². The lowest BCUT2D eigenvalue weighted by Gasteiger charge is -2.13. The van der Waals surface area contributed by atoms with Gasteiger partial charge in [-0.2, -0.15) is 0 Å². The van der Waals surface area contributed by atoms with Gasteiger partial charge in [0, 0.05) is 112 Å². The maximum atomic E-state index is 5.42. The first-order valence-corrected chi connectivity index (χ1v) is 30.7. The van der Waals surface area contributed by atoms with Gasteiger partial charge >= 0.3 is 0 Å². The summed E-state index contributed by atoms with van der Waals surface area (Å²) < 4.78 is 15.0. The third kappa shape index (κ3) is 6.62. The lowest BCUT2D eigenvalue weighted by molar-refractivity contribution is 1.07. The fourth-order valence-corrected chi connectivity index (χ4v) is 17.3. The number of aromatic nitrogens is 6. The molecule has 0 saturated carbocycles. The van der Waals surface area contributed by atoms with Crippen LogP contribution in [0, 0.1) is 0 Å². The standard InChI is InChI=1S/C75H42N6S3/c1-7-22-61-49(16-1)55-36-39-58-52-19-4-10-25-64(52)82-70(58)67(55)79(61)46-32-28-43(29-33-46)73-76-74(44-30-34-47(35-31-44)80-62-23-8-2-17-50(62)56-37-40-59-53-20-5-11-26-65(53)83-71(59)68(56)80)78-75(77-73)45-14-13-15-48(42-45)81-63-24-9-3-18-51(63)57-38-41-60-54-21-6-12-27-66(54)84-72(60)69(57)81/h1-42H. The van der Waals surface area contributed by atoms with E-state index in [1.807, 2.05) is 34.0 Å². The van der Waals surface area contributed by atoms with Gasteiger partial charge in [-0.25, -0.2) is 15.0 Å². The summed E-state index contributed by atoms with van der Waals surface area (Å²) >= 11 is 5.60. The third-order valence-corrected chi connectivity index (χ3v) is 20.9. The van der Waals surface area contributed by atoms with Crippen LogP contribution in [0.2, 0.25) is 0 Å². The van der Waals surface area contributed by atoms with Crippen molar-refractivity contribution >= 4 is 160 Å². The summed E-state index contributed by atoms with van der Waals surface area (Å²) in [6.45, 7) is 0. The van der Waals surface area contributed by atoms with Crippen LogP contribution in [0.15, 0.2) is 255 Å². The molecule has 19 rings (SSSR count). The van der Waals surface area contributed by atoms with E-state index < -0.39 is 0 Å². The minimum atomic E-state index is 0.599. The van der Waals surface area contributed by atoms with E-state index in [1.165, 1.54) is 120 Å². The Morgan fingerprint density at radius 2 is 0.548 bits per heavy atom. The Hall–Kier alpha value is -10.3. The van der Waals surface area contributed by atoms with Gasteiger partial charge in [0.05, 0.1) is 47.2 Å². The Morgan fingerprint density at radius 1 is 0.226 bits per heavy atom. The van der Waals surface area contributed by atoms with Gasteiger partial charge < -0.3 is 13.7 Å². The van der Waals surface area contributed by atoms with E-state index in [0.29, 0.717) is 17.5 Å². The summed E-state index contributed by atoms with van der Waals surface area (Å²) in [6.07, 6.45) is 0. The minimum Gasteiger partial charge on any atom is -0.308 e. The molecule has 0 unspecified atom stereocenters. The first kappa shape index (κ1) is 46.3. The molecule has 0 atom stereocenters. The zero-order chi connectivity index (χ0) is 54.7. The van der Waals surface area contributed by atoms with Crippen LogP contribution >= 0.6 is 34.0 Å². The van der Waals surface area contributed by atoms with Crippen molar-refractivity contribution in [1.82, 2.24) is 28.7 Å². The Labute approximate surface area is 491 Å². The number of rotatable bonds is 6. The van der Waals surface area contributed by atoms with Crippen LogP contribution < -0.4 is 0 Å². The van der Waals surface area contributed by atoms with E-state index in [4.69, 9.17) is 15.0 Å². The molecule has 0 saturated heterocycles. The SMILES string of the molecule is c1cc(-c2nc(-c3ccc(-n4c5ccccc5c5ccc6c7ccccc7sc6c54)cc3)nc(-c3ccc(-n4c5ccccc5c5ccc6c7ccccc7sc6c54)cc3)n2)cc(-n2c3ccccc3c3ccc4c5ccccc5sc4c32)c1. The highest BCUT2D eigenvalue weighted by Crippen LogP contribution is 2.47. The van der Waals surface area contributed by atoms with Crippen molar-refractivity contribution in [3.63, 3.8) is 0 Å². The summed E-state index contributed by atoms with van der Waals surface area (Å²) in [6, 6.07) is 92.7. The topological polar surface area (TPSA) is 53.5 Å². The number of para-hydroxylation sites is 3. The number of hydrogen-bond acceptors (Lipinski definition) is 6. The Bertz CT molecular complexity index is 5740. The Kier molecular flexibility index (Phi) is 9.71. The smallest absolute Gasteiger partial charge is 0.164 e. The summed E-state index contributed by atoms with van der Waals surface area (Å²) in [4.78, 5) is 16.2. The van der Waals surface area contributed by atoms with E-state index in [1.54, 1.807) is 0 Å². The average Bonchev–Trinajstić information content (AvgIpc) is 2.43. The zero-order valence-corrected chi connectivity index (χ0v) is 47.1. The van der Waals surface area contributed by atoms with Crippen LogP contribution in [0.25, 0.3) is 177 Å². The molecule has 9 heteroatoms. The monoisotopic (exact) mass is 1120 g/mol. The molecule has 0 radical (unpaired) electrons. The predicted octanol–water partition coefficient (Wildman–Crippen LogP) is 21.3. The molecule has 0 fully saturated rings. The largest absolute Gasteiger partial charge is 0.308 e. The summed E-state index contributed by atoms with van der Waals surface area (Å²) in [5, 5.41) is 15.1. The van der Waals surface area contributed by atoms with E-state index in [0.717, 1.165) is 39.3 Å². The quantitative estimate of drug-likeness (QED) is 0.167. The van der Waals surface area contributed by atoms with Crippen LogP contribution in [-0.4, -0.2) is 28.7 Å². The Morgan fingerprint density at radius 3 is 0.940 bits per heavy atom. The number of benzene rings is 12. The maximum Gasteiger partial charge on any atom is 0.164 e. The van der Waals surface area contributed by atoms with Gasteiger partial charge in [0.15, 0.2) is 17.5 Å². The van der Waals surface area contributed by atoms with Gasteiger partial charge in [-0.05, 0) is 97.1 Å². The molecule has 7 heterocycles. The summed E-state index contributed by atoms with van der Waals surface area (Å²) in [5.74, 6) is 1.80. The van der Waals surface area contributed by atoms with Gasteiger partial charge in [0.25, 0.3) is 0 Å². The van der Waals surface area contributed by atoms with Gasteiger partial charge in [0.1, 0.15) is 0 Å². The van der Waals surface area contributed by atoms with Crippen LogP contribution in [0.5, 0.6) is 0 Å². The molecule has 12 aromatic carbocycles. The van der Waals surface area contributed by atoms with E-state index in [-0.39, 0.29) is 0 Å². The molecular formula is C75H42N6S3. The highest BCUT2D eigenvalue weighted by atomic mass is 32.1. The molecule has 0 N–H and O–H groups in total. The molecular weight excluding hydrogens is 1080 g/mol. The molecule has 84 heavy (non-hydrogen) atoms. The lowest BCUT2D eigenvalue weighted by Crippen LogP contribution is -2.02. The van der Waals surface area contributed by atoms with Gasteiger partial charge in [0.2, 0.25) is 0 Å². The van der Waals surface area contributed by atoms with E-state index >= 15 is 0 Å². The average molecular weight is 1120 g/mol. The fraction of sp³-hybridized carbons (Fsp3) is 0. The second kappa shape index (κ2) is 17.6. The minimum absolute atomic E-state index is 0.599. The molecule has 0 aliphatic heterocycles. The fourth-order valence-electron chi connectivity index (χ4n) is 13.6. The van der Waals surface area contributed by atoms with Crippen molar-refractivity contribution in [1.29, 1.82) is 0 Å². The molecule has 7 aromatic heterocycles. The summed E-state index contributed by atoms with van der Waals surface area (Å²) in [5.41, 5.74) is 13.0. The van der Waals surface area contributed by atoms with Crippen LogP contribution in [-0.2, 0) is 0 Å². The molecule has 0 spiro atoms. The van der Waals surface area contributed by atoms with Crippen LogP contribution in [0.4, 0.5) is 0 Å². The third-order valence-electron chi connectivity index (χ3n) is 17.3. The van der Waals surface area contributed by atoms with Crippen molar-refractivity contribution < 1.29 is 0 Å². The van der Waals surface area contributed by atoms with Gasteiger partial charge in [-0.1, -0.05) is 158 Å². The summed E-state index contributed by atoms with van der Waals surface area (Å²) in [7, 11) is 0. The van der Waals surface area contributed by atoms with Crippen molar-refractivity contribution in [2.24, 2.45) is 0 Å². The van der Waals surface area contributed by atoms with Crippen molar-refractivity contribution in [2.45, 2.75) is 0 Å². The number of nitrogens with zero attached hydrogens (tertiary/aromatic N) is 6. The predicted molar refractivity (Wildman–Crippen MR) is 358 cm³/mol. The molecule has 390 valence electrons. The molecule has 0 bridgehead atoms. The van der Waals surface area contributed by atoms with E-state index in [2.05, 4.69) is 268 Å². The van der Waals surface area contributed by atoms with Gasteiger partial charge in [-0.3, -0.25) is 0 Å². The molecule has 6 nitrogen and oxygen atoms in total.